The summed E-state index contributed by atoms with van der Waals surface area (Å²) in [5, 5.41) is 0.702. The number of hydrogen-bond acceptors (Lipinski definition) is 1. The molecule has 0 amide bonds. The van der Waals surface area contributed by atoms with Crippen molar-refractivity contribution in [2.75, 3.05) is 6.61 Å². The van der Waals surface area contributed by atoms with Crippen LogP contribution in [0.25, 0.3) is 0 Å². The summed E-state index contributed by atoms with van der Waals surface area (Å²) in [4.78, 5) is 0. The second-order valence-electron chi connectivity index (χ2n) is 3.15. The summed E-state index contributed by atoms with van der Waals surface area (Å²) in [6.45, 7) is 6.41. The van der Waals surface area contributed by atoms with E-state index in [1.54, 1.807) is 0 Å². The molecule has 1 nitrogen and oxygen atoms in total. The molecule has 0 aliphatic rings. The Morgan fingerprint density at radius 3 is 2.79 bits per heavy atom. The van der Waals surface area contributed by atoms with E-state index in [-0.39, 0.29) is 0 Å². The Hall–Kier alpha value is -0.690. The van der Waals surface area contributed by atoms with E-state index in [0.29, 0.717) is 11.6 Å². The highest BCUT2D eigenvalue weighted by atomic mass is 35.5. The van der Waals surface area contributed by atoms with Gasteiger partial charge in [0, 0.05) is 0 Å². The minimum Gasteiger partial charge on any atom is -0.492 e. The molecule has 0 aromatic heterocycles. The van der Waals surface area contributed by atoms with Gasteiger partial charge in [0.1, 0.15) is 5.75 Å². The molecule has 77 valence electrons. The van der Waals surface area contributed by atoms with Gasteiger partial charge in [0.2, 0.25) is 0 Å². The molecule has 0 saturated carbocycles. The fourth-order valence-electron chi connectivity index (χ4n) is 1.30. The maximum absolute atomic E-state index is 6.05. The number of benzene rings is 1. The number of hydrogen-bond donors (Lipinski definition) is 0. The lowest BCUT2D eigenvalue weighted by Gasteiger charge is -2.07. The normalized spacial score (nSPS) is 10.2. The molecule has 14 heavy (non-hydrogen) atoms. The summed E-state index contributed by atoms with van der Waals surface area (Å²) in [6, 6.07) is 5.97. The first kappa shape index (κ1) is 11.4. The van der Waals surface area contributed by atoms with Crippen molar-refractivity contribution in [2.45, 2.75) is 26.2 Å². The van der Waals surface area contributed by atoms with Crippen molar-refractivity contribution in [3.8, 4) is 5.75 Å². The van der Waals surface area contributed by atoms with Crippen LogP contribution in [0, 0.1) is 6.92 Å². The highest BCUT2D eigenvalue weighted by Gasteiger charge is 2.01. The van der Waals surface area contributed by atoms with Gasteiger partial charge in [0.25, 0.3) is 0 Å². The molecular weight excluding hydrogens is 196 g/mol. The maximum atomic E-state index is 6.05. The Balaban J connectivity index is 2.68. The van der Waals surface area contributed by atoms with Crippen molar-refractivity contribution in [3.63, 3.8) is 0 Å². The Labute approximate surface area is 91.0 Å². The molecule has 0 aliphatic heterocycles. The van der Waals surface area contributed by atoms with Crippen molar-refractivity contribution < 1.29 is 4.74 Å². The van der Waals surface area contributed by atoms with Gasteiger partial charge in [0.15, 0.2) is 0 Å². The third kappa shape index (κ3) is 3.22. The topological polar surface area (TPSA) is 9.23 Å². The minimum atomic E-state index is 0.651. The Bertz CT molecular complexity index is 284. The molecule has 0 atom stereocenters. The Morgan fingerprint density at radius 1 is 1.43 bits per heavy atom. The summed E-state index contributed by atoms with van der Waals surface area (Å²) in [5.74, 6) is 0.771. The van der Waals surface area contributed by atoms with Gasteiger partial charge in [-0.15, -0.1) is 0 Å². The van der Waals surface area contributed by atoms with Crippen LogP contribution in [0.15, 0.2) is 18.2 Å². The predicted octanol–water partition coefficient (Wildman–Crippen LogP) is 3.90. The van der Waals surface area contributed by atoms with Crippen LogP contribution in [0.4, 0.5) is 0 Å². The largest absolute Gasteiger partial charge is 0.492 e. The zero-order chi connectivity index (χ0) is 10.4. The highest BCUT2D eigenvalue weighted by molar-refractivity contribution is 6.32. The Morgan fingerprint density at radius 2 is 2.21 bits per heavy atom. The van der Waals surface area contributed by atoms with Gasteiger partial charge >= 0.3 is 0 Å². The molecule has 2 heteroatoms. The number of ether oxygens (including phenoxy) is 1. The fourth-order valence-corrected chi connectivity index (χ4v) is 1.56. The van der Waals surface area contributed by atoms with Crippen molar-refractivity contribution in [2.24, 2.45) is 0 Å². The van der Waals surface area contributed by atoms with Crippen molar-refractivity contribution >= 4 is 11.6 Å². The van der Waals surface area contributed by atoms with Crippen LogP contribution in [0.5, 0.6) is 5.75 Å². The first-order valence-electron chi connectivity index (χ1n) is 4.98. The smallest absolute Gasteiger partial charge is 0.137 e. The van der Waals surface area contributed by atoms with E-state index >= 15 is 0 Å². The quantitative estimate of drug-likeness (QED) is 0.718. The van der Waals surface area contributed by atoms with Crippen LogP contribution in [0.2, 0.25) is 5.02 Å². The zero-order valence-electron chi connectivity index (χ0n) is 8.55. The van der Waals surface area contributed by atoms with Gasteiger partial charge in [-0.2, -0.15) is 0 Å². The zero-order valence-corrected chi connectivity index (χ0v) is 9.31. The van der Waals surface area contributed by atoms with E-state index < -0.39 is 0 Å². The van der Waals surface area contributed by atoms with Crippen LogP contribution < -0.4 is 4.74 Å². The molecule has 1 radical (unpaired) electrons. The average molecular weight is 212 g/mol. The molecule has 0 fully saturated rings. The van der Waals surface area contributed by atoms with Gasteiger partial charge < -0.3 is 4.74 Å². The van der Waals surface area contributed by atoms with Crippen LogP contribution in [-0.4, -0.2) is 6.61 Å². The second-order valence-corrected chi connectivity index (χ2v) is 3.56. The average Bonchev–Trinajstić information content (AvgIpc) is 2.19. The second kappa shape index (κ2) is 5.92. The number of unbranched alkanes of at least 4 members (excludes halogenated alkanes) is 1. The van der Waals surface area contributed by atoms with E-state index in [0.717, 1.165) is 25.0 Å². The number of aryl methyl sites for hydroxylation is 1. The van der Waals surface area contributed by atoms with Gasteiger partial charge in [-0.05, 0) is 37.5 Å². The number of rotatable bonds is 5. The molecule has 0 unspecified atom stereocenters. The summed E-state index contributed by atoms with van der Waals surface area (Å²) in [6.07, 6.45) is 3.10. The van der Waals surface area contributed by atoms with Crippen LogP contribution in [0.3, 0.4) is 0 Å². The molecule has 1 rings (SSSR count). The molecule has 1 aromatic carbocycles. The van der Waals surface area contributed by atoms with Crippen molar-refractivity contribution in [1.82, 2.24) is 0 Å². The first-order chi connectivity index (χ1) is 6.77. The van der Waals surface area contributed by atoms with Crippen LogP contribution in [-0.2, 0) is 6.42 Å². The lowest BCUT2D eigenvalue weighted by molar-refractivity contribution is 0.340. The summed E-state index contributed by atoms with van der Waals surface area (Å²) in [5.41, 5.74) is 1.25. The first-order valence-corrected chi connectivity index (χ1v) is 5.36. The highest BCUT2D eigenvalue weighted by Crippen LogP contribution is 2.25. The summed E-state index contributed by atoms with van der Waals surface area (Å²) < 4.78 is 5.35. The lowest BCUT2D eigenvalue weighted by atomic mass is 10.1. The van der Waals surface area contributed by atoms with Gasteiger partial charge in [-0.25, -0.2) is 0 Å². The summed E-state index contributed by atoms with van der Waals surface area (Å²) >= 11 is 6.05. The minimum absolute atomic E-state index is 0.651. The number of halogens is 1. The maximum Gasteiger partial charge on any atom is 0.137 e. The molecule has 1 aromatic rings. The standard InChI is InChI=1S/C12H16ClO/c1-3-5-6-10-7-8-12(14-4-2)11(13)9-10/h7-9H,1,3-6H2,2H3. The molecular formula is C12H16ClO. The third-order valence-electron chi connectivity index (χ3n) is 2.01. The van der Waals surface area contributed by atoms with Gasteiger partial charge in [-0.3, -0.25) is 0 Å². The molecule has 0 spiro atoms. The fraction of sp³-hybridized carbons (Fsp3) is 0.417. The Kier molecular flexibility index (Phi) is 4.81. The van der Waals surface area contributed by atoms with Gasteiger partial charge in [-0.1, -0.05) is 31.0 Å². The molecule has 0 aliphatic carbocycles. The van der Waals surface area contributed by atoms with Crippen molar-refractivity contribution in [1.29, 1.82) is 0 Å². The van der Waals surface area contributed by atoms with Gasteiger partial charge in [0.05, 0.1) is 11.6 Å². The monoisotopic (exact) mass is 211 g/mol. The van der Waals surface area contributed by atoms with E-state index in [9.17, 15) is 0 Å². The van der Waals surface area contributed by atoms with Crippen molar-refractivity contribution in [3.05, 3.63) is 35.7 Å². The summed E-state index contributed by atoms with van der Waals surface area (Å²) in [7, 11) is 0. The lowest BCUT2D eigenvalue weighted by Crippen LogP contribution is -1.93. The third-order valence-corrected chi connectivity index (χ3v) is 2.31. The molecule has 0 heterocycles. The molecule has 0 N–H and O–H groups in total. The molecule has 0 bridgehead atoms. The molecule has 0 saturated heterocycles. The van der Waals surface area contributed by atoms with E-state index in [1.165, 1.54) is 5.56 Å². The van der Waals surface area contributed by atoms with Crippen LogP contribution >= 0.6 is 11.6 Å². The van der Waals surface area contributed by atoms with E-state index in [4.69, 9.17) is 16.3 Å². The van der Waals surface area contributed by atoms with E-state index in [2.05, 4.69) is 13.0 Å². The SMILES string of the molecule is [CH2]CCCc1ccc(OCC)c(Cl)c1. The van der Waals surface area contributed by atoms with Crippen LogP contribution in [0.1, 0.15) is 25.3 Å². The van der Waals surface area contributed by atoms with E-state index in [1.807, 2.05) is 19.1 Å². The predicted molar refractivity (Wildman–Crippen MR) is 60.9 cm³/mol.